The maximum atomic E-state index is 9.40. The Morgan fingerprint density at radius 1 is 1.16 bits per heavy atom. The van der Waals surface area contributed by atoms with Gasteiger partial charge in [0.2, 0.25) is 0 Å². The zero-order valence-corrected chi connectivity index (χ0v) is 21.0. The molecule has 0 aliphatic carbocycles. The first kappa shape index (κ1) is 23.4. The third-order valence-electron chi connectivity index (χ3n) is 6.99. The van der Waals surface area contributed by atoms with E-state index in [9.17, 15) is 5.11 Å². The van der Waals surface area contributed by atoms with Crippen LogP contribution in [0.15, 0.2) is 47.1 Å². The van der Waals surface area contributed by atoms with Crippen molar-refractivity contribution >= 4 is 39.7 Å². The Hall–Kier alpha value is -4.02. The number of nitrogens with zero attached hydrogens (tertiary/aromatic N) is 6. The van der Waals surface area contributed by atoms with Crippen LogP contribution in [0.3, 0.4) is 0 Å². The summed E-state index contributed by atoms with van der Waals surface area (Å²) >= 11 is 0. The van der Waals surface area contributed by atoms with Crippen LogP contribution >= 0.6 is 0 Å². The Balaban J connectivity index is 1.31. The standard InChI is InChI=1S/C27H30N8O2/c1-16-12-17(2)24-21(13-16)32-27(37-24)31-19-7-5-18(6-8-19)23-22-25(28)29-15-30-26(22)35(33-23)20-4-3-9-34(14-20)10-11-36/h5-8,12-13,15,20,36H,3-4,9-11,14H2,1-2H3,(H,31,32)(H2,28,29,30)/t20-/m1/s1. The van der Waals surface area contributed by atoms with Gasteiger partial charge in [0, 0.05) is 24.3 Å². The number of nitrogen functional groups attached to an aromatic ring is 1. The molecule has 1 aliphatic heterocycles. The van der Waals surface area contributed by atoms with Crippen LogP contribution in [-0.2, 0) is 0 Å². The number of nitrogens with two attached hydrogens (primary N) is 1. The number of hydrogen-bond donors (Lipinski definition) is 3. The van der Waals surface area contributed by atoms with E-state index in [-0.39, 0.29) is 12.6 Å². The summed E-state index contributed by atoms with van der Waals surface area (Å²) in [6.07, 6.45) is 3.52. The SMILES string of the molecule is Cc1cc(C)c2oc(Nc3ccc(-c4nn([C@@H]5CCCN(CCO)C5)c5ncnc(N)c45)cc3)nc2c1. The second-order valence-electron chi connectivity index (χ2n) is 9.72. The third kappa shape index (κ3) is 4.38. The molecule has 0 saturated carbocycles. The fraction of sp³-hybridized carbons (Fsp3) is 0.333. The van der Waals surface area contributed by atoms with Gasteiger partial charge in [-0.1, -0.05) is 18.2 Å². The molecule has 1 atom stereocenters. The van der Waals surface area contributed by atoms with Gasteiger partial charge in [0.05, 0.1) is 18.0 Å². The number of benzene rings is 2. The van der Waals surface area contributed by atoms with Crippen molar-refractivity contribution in [3.63, 3.8) is 0 Å². The quantitative estimate of drug-likeness (QED) is 0.315. The average Bonchev–Trinajstić information content (AvgIpc) is 3.47. The molecule has 0 bridgehead atoms. The second kappa shape index (κ2) is 9.45. The molecule has 10 heteroatoms. The first-order valence-corrected chi connectivity index (χ1v) is 12.6. The van der Waals surface area contributed by atoms with E-state index in [4.69, 9.17) is 15.2 Å². The van der Waals surface area contributed by atoms with Gasteiger partial charge >= 0.3 is 0 Å². The molecule has 4 N–H and O–H groups in total. The number of anilines is 3. The van der Waals surface area contributed by atoms with Crippen LogP contribution in [0.5, 0.6) is 0 Å². The van der Waals surface area contributed by atoms with Crippen molar-refractivity contribution in [3.05, 3.63) is 53.9 Å². The third-order valence-corrected chi connectivity index (χ3v) is 6.99. The number of aromatic nitrogens is 5. The minimum Gasteiger partial charge on any atom is -0.423 e. The smallest absolute Gasteiger partial charge is 0.300 e. The average molecular weight is 499 g/mol. The van der Waals surface area contributed by atoms with E-state index in [1.54, 1.807) is 0 Å². The first-order valence-electron chi connectivity index (χ1n) is 12.6. The van der Waals surface area contributed by atoms with Crippen LogP contribution in [0.1, 0.15) is 30.0 Å². The number of β-amino-alcohol motifs (C(OH)–C–C–N with tert-alkyl or cyclic N) is 1. The van der Waals surface area contributed by atoms with Crippen molar-refractivity contribution in [2.24, 2.45) is 0 Å². The largest absolute Gasteiger partial charge is 0.423 e. The Kier molecular flexibility index (Phi) is 5.97. The normalized spacial score (nSPS) is 16.6. The maximum absolute atomic E-state index is 9.40. The van der Waals surface area contributed by atoms with Crippen LogP contribution in [-0.4, -0.2) is 61.0 Å². The lowest BCUT2D eigenvalue weighted by molar-refractivity contribution is 0.139. The number of hydrogen-bond acceptors (Lipinski definition) is 9. The van der Waals surface area contributed by atoms with E-state index in [2.05, 4.69) is 38.2 Å². The van der Waals surface area contributed by atoms with Gasteiger partial charge in [0.25, 0.3) is 6.01 Å². The Morgan fingerprint density at radius 3 is 2.81 bits per heavy atom. The van der Waals surface area contributed by atoms with Gasteiger partial charge < -0.3 is 20.6 Å². The molecule has 0 amide bonds. The molecular formula is C27H30N8O2. The summed E-state index contributed by atoms with van der Waals surface area (Å²) in [5.41, 5.74) is 13.4. The van der Waals surface area contributed by atoms with Crippen LogP contribution in [0.4, 0.5) is 17.5 Å². The molecule has 0 radical (unpaired) electrons. The molecular weight excluding hydrogens is 468 g/mol. The van der Waals surface area contributed by atoms with Crippen LogP contribution in [0, 0.1) is 13.8 Å². The molecule has 0 unspecified atom stereocenters. The summed E-state index contributed by atoms with van der Waals surface area (Å²) in [7, 11) is 0. The first-order chi connectivity index (χ1) is 18.0. The van der Waals surface area contributed by atoms with Gasteiger partial charge in [-0.3, -0.25) is 4.90 Å². The Bertz CT molecular complexity index is 1570. The Labute approximate surface area is 214 Å². The molecule has 1 aliphatic rings. The monoisotopic (exact) mass is 498 g/mol. The lowest BCUT2D eigenvalue weighted by Crippen LogP contribution is -2.38. The predicted molar refractivity (Wildman–Crippen MR) is 144 cm³/mol. The Morgan fingerprint density at radius 2 is 2.00 bits per heavy atom. The number of rotatable bonds is 6. The van der Waals surface area contributed by atoms with Crippen molar-refractivity contribution in [3.8, 4) is 11.3 Å². The molecule has 190 valence electrons. The topological polar surface area (TPSA) is 131 Å². The van der Waals surface area contributed by atoms with E-state index in [0.717, 1.165) is 76.1 Å². The van der Waals surface area contributed by atoms with E-state index < -0.39 is 0 Å². The summed E-state index contributed by atoms with van der Waals surface area (Å²) in [5, 5.41) is 18.4. The van der Waals surface area contributed by atoms with Crippen LogP contribution in [0.2, 0.25) is 0 Å². The highest BCUT2D eigenvalue weighted by molar-refractivity contribution is 5.98. The summed E-state index contributed by atoms with van der Waals surface area (Å²) in [5.74, 6) is 0.411. The lowest BCUT2D eigenvalue weighted by atomic mass is 10.1. The van der Waals surface area contributed by atoms with Gasteiger partial charge in [-0.25, -0.2) is 14.6 Å². The number of fused-ring (bicyclic) bond motifs is 2. The fourth-order valence-electron chi connectivity index (χ4n) is 5.29. The van der Waals surface area contributed by atoms with E-state index >= 15 is 0 Å². The summed E-state index contributed by atoms with van der Waals surface area (Å²) in [4.78, 5) is 15.6. The van der Waals surface area contributed by atoms with Crippen molar-refractivity contribution in [2.75, 3.05) is 37.3 Å². The number of nitrogens with one attached hydrogen (secondary N) is 1. The second-order valence-corrected chi connectivity index (χ2v) is 9.72. The minimum atomic E-state index is 0.149. The van der Waals surface area contributed by atoms with E-state index in [0.29, 0.717) is 18.4 Å². The molecule has 1 saturated heterocycles. The van der Waals surface area contributed by atoms with Crippen molar-refractivity contribution in [1.82, 2.24) is 29.6 Å². The fourth-order valence-corrected chi connectivity index (χ4v) is 5.29. The summed E-state index contributed by atoms with van der Waals surface area (Å²) in [6, 6.07) is 12.6. The van der Waals surface area contributed by atoms with Crippen molar-refractivity contribution in [1.29, 1.82) is 0 Å². The molecule has 10 nitrogen and oxygen atoms in total. The highest BCUT2D eigenvalue weighted by Gasteiger charge is 2.26. The zero-order chi connectivity index (χ0) is 25.5. The summed E-state index contributed by atoms with van der Waals surface area (Å²) in [6.45, 7) is 6.68. The van der Waals surface area contributed by atoms with Crippen molar-refractivity contribution < 1.29 is 9.52 Å². The molecule has 3 aromatic heterocycles. The number of aryl methyl sites for hydroxylation is 2. The highest BCUT2D eigenvalue weighted by atomic mass is 16.4. The summed E-state index contributed by atoms with van der Waals surface area (Å²) < 4.78 is 7.94. The highest BCUT2D eigenvalue weighted by Crippen LogP contribution is 2.34. The molecule has 0 spiro atoms. The van der Waals surface area contributed by atoms with Crippen LogP contribution in [0.25, 0.3) is 33.4 Å². The molecule has 37 heavy (non-hydrogen) atoms. The molecule has 1 fully saturated rings. The van der Waals surface area contributed by atoms with Gasteiger partial charge in [-0.2, -0.15) is 10.1 Å². The predicted octanol–water partition coefficient (Wildman–Crippen LogP) is 4.21. The maximum Gasteiger partial charge on any atom is 0.300 e. The van der Waals surface area contributed by atoms with Gasteiger partial charge in [0.1, 0.15) is 23.4 Å². The van der Waals surface area contributed by atoms with E-state index in [1.165, 1.54) is 6.33 Å². The zero-order valence-electron chi connectivity index (χ0n) is 21.0. The molecule has 2 aromatic carbocycles. The molecule has 4 heterocycles. The molecule has 6 rings (SSSR count). The van der Waals surface area contributed by atoms with Gasteiger partial charge in [-0.15, -0.1) is 0 Å². The number of aliphatic hydroxyl groups excluding tert-OH is 1. The van der Waals surface area contributed by atoms with E-state index in [1.807, 2.05) is 41.9 Å². The number of piperidine rings is 1. The van der Waals surface area contributed by atoms with Gasteiger partial charge in [0.15, 0.2) is 11.2 Å². The van der Waals surface area contributed by atoms with Gasteiger partial charge in [-0.05, 0) is 62.6 Å². The van der Waals surface area contributed by atoms with Crippen molar-refractivity contribution in [2.45, 2.75) is 32.7 Å². The van der Waals surface area contributed by atoms with Crippen LogP contribution < -0.4 is 11.1 Å². The number of aliphatic hydroxyl groups is 1. The number of oxazole rings is 1. The lowest BCUT2D eigenvalue weighted by Gasteiger charge is -2.32. The molecule has 5 aromatic rings. The minimum absolute atomic E-state index is 0.149. The number of likely N-dealkylation sites (tertiary alicyclic amines) is 1.